The van der Waals surface area contributed by atoms with Crippen molar-refractivity contribution in [3.63, 3.8) is 0 Å². The summed E-state index contributed by atoms with van der Waals surface area (Å²) in [6.45, 7) is 0. The molecule has 0 aliphatic rings. The number of halogens is 4. The summed E-state index contributed by atoms with van der Waals surface area (Å²) < 4.78 is 53.1. The molecule has 0 saturated heterocycles. The lowest BCUT2D eigenvalue weighted by Crippen LogP contribution is -2.27. The number of alkyl halides is 3. The zero-order chi connectivity index (χ0) is 21.5. The number of hydrogen-bond donors (Lipinski definition) is 0. The maximum atomic E-state index is 13.1. The number of rotatable bonds is 3. The molecular weight excluding hydrogens is 400 g/mol. The van der Waals surface area contributed by atoms with Gasteiger partial charge in [0.1, 0.15) is 11.5 Å². The first-order valence-electron chi connectivity index (χ1n) is 8.78. The molecule has 0 unspecified atom stereocenters. The number of anilines is 1. The topological polar surface area (TPSA) is 50.5 Å². The van der Waals surface area contributed by atoms with Gasteiger partial charge in [-0.25, -0.2) is 14.4 Å². The van der Waals surface area contributed by atoms with E-state index in [4.69, 9.17) is 0 Å². The second-order valence-electron chi connectivity index (χ2n) is 6.56. The minimum absolute atomic E-state index is 0.0977. The first-order chi connectivity index (χ1) is 14.2. The average molecular weight is 414 g/mol. The molecule has 0 radical (unpaired) electrons. The van der Waals surface area contributed by atoms with Crippen molar-refractivity contribution in [1.29, 1.82) is 0 Å². The summed E-state index contributed by atoms with van der Waals surface area (Å²) in [5.41, 5.74) is 1.29. The molecule has 2 aromatic carbocycles. The smallest absolute Gasteiger partial charge is 0.310 e. The lowest BCUT2D eigenvalue weighted by atomic mass is 10.1. The van der Waals surface area contributed by atoms with E-state index in [0.717, 1.165) is 12.1 Å². The molecule has 5 nitrogen and oxygen atoms in total. The normalized spacial score (nSPS) is 11.6. The van der Waals surface area contributed by atoms with Crippen LogP contribution in [0.4, 0.5) is 23.2 Å². The van der Waals surface area contributed by atoms with E-state index in [2.05, 4.69) is 9.97 Å². The summed E-state index contributed by atoms with van der Waals surface area (Å²) in [5, 5.41) is 0. The second-order valence-corrected chi connectivity index (χ2v) is 6.56. The maximum absolute atomic E-state index is 13.1. The quantitative estimate of drug-likeness (QED) is 0.451. The van der Waals surface area contributed by atoms with Crippen molar-refractivity contribution >= 4 is 17.2 Å². The molecular formula is C21H14F4N4O. The molecule has 0 spiro atoms. The lowest BCUT2D eigenvalue weighted by molar-refractivity contribution is -0.137. The van der Waals surface area contributed by atoms with Crippen molar-refractivity contribution in [2.24, 2.45) is 0 Å². The number of imidazole rings is 1. The van der Waals surface area contributed by atoms with Gasteiger partial charge >= 0.3 is 6.18 Å². The summed E-state index contributed by atoms with van der Waals surface area (Å²) in [7, 11) is 1.53. The molecule has 0 bridgehead atoms. The number of hydrogen-bond acceptors (Lipinski definition) is 3. The van der Waals surface area contributed by atoms with Crippen LogP contribution in [0.25, 0.3) is 16.9 Å². The van der Waals surface area contributed by atoms with Gasteiger partial charge in [0.25, 0.3) is 5.91 Å². The number of fused-ring (bicyclic) bond motifs is 1. The molecule has 152 valence electrons. The minimum atomic E-state index is -4.42. The molecule has 2 aromatic heterocycles. The molecule has 1 amide bonds. The Morgan fingerprint density at radius 2 is 1.63 bits per heavy atom. The molecule has 0 aliphatic carbocycles. The molecule has 4 aromatic rings. The van der Waals surface area contributed by atoms with Crippen molar-refractivity contribution in [1.82, 2.24) is 14.4 Å². The van der Waals surface area contributed by atoms with Crippen LogP contribution in [0.5, 0.6) is 0 Å². The summed E-state index contributed by atoms with van der Waals surface area (Å²) in [6.07, 6.45) is -0.0545. The van der Waals surface area contributed by atoms with Crippen LogP contribution in [-0.2, 0) is 6.18 Å². The van der Waals surface area contributed by atoms with Gasteiger partial charge in [-0.05, 0) is 36.4 Å². The third-order valence-corrected chi connectivity index (χ3v) is 4.64. The number of carbonyl (C=O) groups excluding carboxylic acids is 1. The Labute approximate surface area is 168 Å². The second kappa shape index (κ2) is 7.25. The molecule has 4 rings (SSSR count). The van der Waals surface area contributed by atoms with Gasteiger partial charge in [-0.15, -0.1) is 0 Å². The molecule has 30 heavy (non-hydrogen) atoms. The zero-order valence-electron chi connectivity index (χ0n) is 15.6. The van der Waals surface area contributed by atoms with E-state index in [1.807, 2.05) is 0 Å². The number of aromatic nitrogens is 3. The summed E-state index contributed by atoms with van der Waals surface area (Å²) in [5.74, 6) is -0.852. The number of benzene rings is 2. The molecule has 9 heteroatoms. The van der Waals surface area contributed by atoms with Gasteiger partial charge in [0.05, 0.1) is 23.7 Å². The Hall–Kier alpha value is -3.75. The van der Waals surface area contributed by atoms with Gasteiger partial charge in [-0.1, -0.05) is 12.1 Å². The van der Waals surface area contributed by atoms with Crippen LogP contribution >= 0.6 is 0 Å². The van der Waals surface area contributed by atoms with Gasteiger partial charge in [-0.2, -0.15) is 13.2 Å². The summed E-state index contributed by atoms with van der Waals surface area (Å²) in [6, 6.07) is 10.1. The summed E-state index contributed by atoms with van der Waals surface area (Å²) in [4.78, 5) is 22.4. The van der Waals surface area contributed by atoms with Crippen LogP contribution in [0.3, 0.4) is 0 Å². The third kappa shape index (κ3) is 3.61. The zero-order valence-corrected chi connectivity index (χ0v) is 15.6. The number of nitrogens with zero attached hydrogens (tertiary/aromatic N) is 4. The van der Waals surface area contributed by atoms with Crippen molar-refractivity contribution in [3.05, 3.63) is 84.2 Å². The van der Waals surface area contributed by atoms with E-state index in [-0.39, 0.29) is 5.69 Å². The molecule has 0 N–H and O–H groups in total. The van der Waals surface area contributed by atoms with Crippen LogP contribution in [0.1, 0.15) is 16.1 Å². The predicted molar refractivity (Wildman–Crippen MR) is 103 cm³/mol. The monoisotopic (exact) mass is 414 g/mol. The largest absolute Gasteiger partial charge is 0.416 e. The van der Waals surface area contributed by atoms with Crippen LogP contribution in [0.15, 0.2) is 67.1 Å². The lowest BCUT2D eigenvalue weighted by Gasteiger charge is -2.17. The van der Waals surface area contributed by atoms with Crippen LogP contribution in [0.2, 0.25) is 0 Å². The van der Waals surface area contributed by atoms with Gasteiger partial charge in [-0.3, -0.25) is 9.20 Å². The van der Waals surface area contributed by atoms with Crippen molar-refractivity contribution in [2.45, 2.75) is 6.18 Å². The highest BCUT2D eigenvalue weighted by molar-refractivity contribution is 6.04. The highest BCUT2D eigenvalue weighted by Crippen LogP contribution is 2.31. The van der Waals surface area contributed by atoms with E-state index in [9.17, 15) is 22.4 Å². The van der Waals surface area contributed by atoms with Crippen molar-refractivity contribution in [3.8, 4) is 11.3 Å². The van der Waals surface area contributed by atoms with Gasteiger partial charge in [0, 0.05) is 24.5 Å². The fourth-order valence-electron chi connectivity index (χ4n) is 3.00. The molecule has 0 aliphatic heterocycles. The minimum Gasteiger partial charge on any atom is -0.310 e. The molecule has 0 fully saturated rings. The fourth-order valence-corrected chi connectivity index (χ4v) is 3.00. The van der Waals surface area contributed by atoms with Gasteiger partial charge < -0.3 is 4.90 Å². The molecule has 2 heterocycles. The number of amides is 1. The Morgan fingerprint density at radius 1 is 0.967 bits per heavy atom. The fraction of sp³-hybridized carbons (Fsp3) is 0.0952. The Morgan fingerprint density at radius 3 is 2.27 bits per heavy atom. The van der Waals surface area contributed by atoms with Crippen LogP contribution in [-0.4, -0.2) is 27.3 Å². The maximum Gasteiger partial charge on any atom is 0.416 e. The van der Waals surface area contributed by atoms with E-state index in [1.165, 1.54) is 66.9 Å². The number of carbonyl (C=O) groups is 1. The van der Waals surface area contributed by atoms with E-state index < -0.39 is 23.5 Å². The standard InChI is InChI=1S/C21H14F4N4O/c1-28(16-8-6-15(22)7-9-16)20(30)17-12-29-18(10-27-19(29)11-26-17)13-2-4-14(5-3-13)21(23,24)25/h2-12H,1H3. The highest BCUT2D eigenvalue weighted by atomic mass is 19.4. The van der Waals surface area contributed by atoms with Crippen molar-refractivity contribution < 1.29 is 22.4 Å². The first-order valence-corrected chi connectivity index (χ1v) is 8.78. The van der Waals surface area contributed by atoms with Crippen LogP contribution < -0.4 is 4.90 Å². The first kappa shape index (κ1) is 19.6. The molecule has 0 atom stereocenters. The highest BCUT2D eigenvalue weighted by Gasteiger charge is 2.30. The van der Waals surface area contributed by atoms with Gasteiger partial charge in [0.15, 0.2) is 5.65 Å². The van der Waals surface area contributed by atoms with Crippen LogP contribution in [0, 0.1) is 5.82 Å². The van der Waals surface area contributed by atoms with Crippen molar-refractivity contribution in [2.75, 3.05) is 11.9 Å². The van der Waals surface area contributed by atoms with E-state index in [1.54, 1.807) is 4.40 Å². The Bertz CT molecular complexity index is 1210. The van der Waals surface area contributed by atoms with Gasteiger partial charge in [0.2, 0.25) is 0 Å². The average Bonchev–Trinajstić information content (AvgIpc) is 3.16. The predicted octanol–water partition coefficient (Wildman–Crippen LogP) is 4.83. The Kier molecular flexibility index (Phi) is 4.73. The van der Waals surface area contributed by atoms with E-state index >= 15 is 0 Å². The Balaban J connectivity index is 1.69. The SMILES string of the molecule is CN(C(=O)c1cn2c(-c3ccc(C(F)(F)F)cc3)cnc2cn1)c1ccc(F)cc1. The third-order valence-electron chi connectivity index (χ3n) is 4.64. The van der Waals surface area contributed by atoms with E-state index in [0.29, 0.717) is 22.6 Å². The summed E-state index contributed by atoms with van der Waals surface area (Å²) >= 11 is 0. The molecule has 0 saturated carbocycles.